The predicted octanol–water partition coefficient (Wildman–Crippen LogP) is 1.04. The molecule has 0 saturated carbocycles. The molecule has 0 amide bonds. The van der Waals surface area contributed by atoms with Gasteiger partial charge in [-0.2, -0.15) is 0 Å². The zero-order valence-corrected chi connectivity index (χ0v) is 13.7. The van der Waals surface area contributed by atoms with Crippen LogP contribution in [-0.2, 0) is 7.05 Å². The van der Waals surface area contributed by atoms with E-state index >= 15 is 0 Å². The van der Waals surface area contributed by atoms with E-state index in [1.807, 2.05) is 31.7 Å². The lowest BCUT2D eigenvalue weighted by Crippen LogP contribution is -2.44. The highest BCUT2D eigenvalue weighted by molar-refractivity contribution is 5.82. The van der Waals surface area contributed by atoms with E-state index in [0.717, 1.165) is 49.0 Å². The molecule has 1 fully saturated rings. The highest BCUT2D eigenvalue weighted by Gasteiger charge is 2.18. The monoisotopic (exact) mass is 301 g/mol. The van der Waals surface area contributed by atoms with E-state index in [1.54, 1.807) is 6.07 Å². The number of hydrogen-bond acceptors (Lipinski definition) is 5. The van der Waals surface area contributed by atoms with Gasteiger partial charge in [0.1, 0.15) is 17.3 Å². The van der Waals surface area contributed by atoms with E-state index in [-0.39, 0.29) is 5.43 Å². The fourth-order valence-corrected chi connectivity index (χ4v) is 3.03. The summed E-state index contributed by atoms with van der Waals surface area (Å²) in [4.78, 5) is 21.7. The SMILES string of the molecule is CNc1cc(=O)c2c(C)cc(N3CCN(C)CC3)nc2n1C. The minimum Gasteiger partial charge on any atom is -0.374 e. The molecule has 1 N–H and O–H groups in total. The number of fused-ring (bicyclic) bond motifs is 1. The van der Waals surface area contributed by atoms with Gasteiger partial charge in [-0.15, -0.1) is 0 Å². The molecule has 2 aromatic rings. The van der Waals surface area contributed by atoms with E-state index in [1.165, 1.54) is 0 Å². The third kappa shape index (κ3) is 2.43. The van der Waals surface area contributed by atoms with Crippen LogP contribution in [0.25, 0.3) is 11.0 Å². The number of rotatable bonds is 2. The van der Waals surface area contributed by atoms with Crippen LogP contribution in [0, 0.1) is 6.92 Å². The second-order valence-electron chi connectivity index (χ2n) is 5.99. The summed E-state index contributed by atoms with van der Waals surface area (Å²) in [7, 11) is 5.89. The maximum absolute atomic E-state index is 12.3. The molecule has 2 aromatic heterocycles. The standard InChI is InChI=1S/C16H23N5O/c1-11-9-14(21-7-5-19(3)6-8-21)18-16-15(11)12(22)10-13(17-2)20(16)4/h9-10,17H,5-8H2,1-4H3. The van der Waals surface area contributed by atoms with Crippen LogP contribution in [0.2, 0.25) is 0 Å². The molecule has 0 radical (unpaired) electrons. The minimum atomic E-state index is 0.0207. The molecule has 3 rings (SSSR count). The second-order valence-corrected chi connectivity index (χ2v) is 5.99. The molecule has 0 atom stereocenters. The predicted molar refractivity (Wildman–Crippen MR) is 91.0 cm³/mol. The summed E-state index contributed by atoms with van der Waals surface area (Å²) in [6, 6.07) is 3.67. The molecular formula is C16H23N5O. The number of piperazine rings is 1. The zero-order chi connectivity index (χ0) is 15.9. The van der Waals surface area contributed by atoms with Crippen molar-refractivity contribution in [2.75, 3.05) is 50.5 Å². The first-order chi connectivity index (χ1) is 10.5. The van der Waals surface area contributed by atoms with E-state index in [4.69, 9.17) is 4.98 Å². The van der Waals surface area contributed by atoms with Crippen molar-refractivity contribution in [3.63, 3.8) is 0 Å². The Balaban J connectivity index is 2.15. The van der Waals surface area contributed by atoms with E-state index < -0.39 is 0 Å². The summed E-state index contributed by atoms with van der Waals surface area (Å²) in [5, 5.41) is 3.76. The van der Waals surface area contributed by atoms with Crippen LogP contribution in [0.15, 0.2) is 16.9 Å². The van der Waals surface area contributed by atoms with Gasteiger partial charge in [0.25, 0.3) is 0 Å². The Bertz CT molecular complexity index is 759. The first-order valence-electron chi connectivity index (χ1n) is 7.64. The lowest BCUT2D eigenvalue weighted by molar-refractivity contribution is 0.312. The van der Waals surface area contributed by atoms with Crippen molar-refractivity contribution < 1.29 is 0 Å². The van der Waals surface area contributed by atoms with Crippen molar-refractivity contribution in [1.82, 2.24) is 14.5 Å². The molecule has 0 bridgehead atoms. The summed E-state index contributed by atoms with van der Waals surface area (Å²) in [6.45, 7) is 5.99. The molecule has 1 saturated heterocycles. The highest BCUT2D eigenvalue weighted by Crippen LogP contribution is 2.22. The number of pyridine rings is 2. The lowest BCUT2D eigenvalue weighted by Gasteiger charge is -2.33. The Morgan fingerprint density at radius 2 is 1.82 bits per heavy atom. The molecule has 22 heavy (non-hydrogen) atoms. The number of anilines is 2. The largest absolute Gasteiger partial charge is 0.374 e. The van der Waals surface area contributed by atoms with Gasteiger partial charge in [-0.25, -0.2) is 4.98 Å². The summed E-state index contributed by atoms with van der Waals surface area (Å²) in [5.74, 6) is 1.74. The maximum Gasteiger partial charge on any atom is 0.193 e. The molecule has 3 heterocycles. The van der Waals surface area contributed by atoms with Gasteiger partial charge < -0.3 is 19.7 Å². The normalized spacial score (nSPS) is 16.3. The van der Waals surface area contributed by atoms with Crippen LogP contribution in [0.1, 0.15) is 5.56 Å². The highest BCUT2D eigenvalue weighted by atomic mass is 16.1. The maximum atomic E-state index is 12.3. The molecule has 118 valence electrons. The number of nitrogens with zero attached hydrogens (tertiary/aromatic N) is 4. The Hall–Kier alpha value is -2.08. The van der Waals surface area contributed by atoms with Crippen LogP contribution >= 0.6 is 0 Å². The Morgan fingerprint density at radius 1 is 1.14 bits per heavy atom. The van der Waals surface area contributed by atoms with Crippen LogP contribution in [0.5, 0.6) is 0 Å². The van der Waals surface area contributed by atoms with Gasteiger partial charge in [0.05, 0.1) is 5.39 Å². The molecule has 1 aliphatic heterocycles. The number of likely N-dealkylation sites (N-methyl/N-ethyl adjacent to an activating group) is 1. The number of hydrogen-bond donors (Lipinski definition) is 1. The van der Waals surface area contributed by atoms with Crippen molar-refractivity contribution in [3.05, 3.63) is 27.9 Å². The first-order valence-corrected chi connectivity index (χ1v) is 7.64. The van der Waals surface area contributed by atoms with Gasteiger partial charge in [-0.05, 0) is 25.6 Å². The molecule has 6 nitrogen and oxygen atoms in total. The van der Waals surface area contributed by atoms with Crippen molar-refractivity contribution >= 4 is 22.7 Å². The fourth-order valence-electron chi connectivity index (χ4n) is 3.03. The van der Waals surface area contributed by atoms with Crippen molar-refractivity contribution in [2.45, 2.75) is 6.92 Å². The van der Waals surface area contributed by atoms with Crippen LogP contribution < -0.4 is 15.6 Å². The Kier molecular flexibility index (Phi) is 3.78. The molecule has 0 aliphatic carbocycles. The number of nitrogens with one attached hydrogen (secondary N) is 1. The first kappa shape index (κ1) is 14.8. The topological polar surface area (TPSA) is 53.4 Å². The zero-order valence-electron chi connectivity index (χ0n) is 13.7. The molecule has 0 unspecified atom stereocenters. The number of aromatic nitrogens is 2. The van der Waals surface area contributed by atoms with Crippen LogP contribution in [-0.4, -0.2) is 54.7 Å². The van der Waals surface area contributed by atoms with Gasteiger partial charge in [-0.1, -0.05) is 0 Å². The van der Waals surface area contributed by atoms with Gasteiger partial charge in [0.2, 0.25) is 0 Å². The quantitative estimate of drug-likeness (QED) is 0.898. The summed E-state index contributed by atoms with van der Waals surface area (Å²) in [6.07, 6.45) is 0. The molecule has 1 aliphatic rings. The Morgan fingerprint density at radius 3 is 2.45 bits per heavy atom. The van der Waals surface area contributed by atoms with Crippen molar-refractivity contribution in [1.29, 1.82) is 0 Å². The molecular weight excluding hydrogens is 278 g/mol. The summed E-state index contributed by atoms with van der Waals surface area (Å²) < 4.78 is 1.95. The van der Waals surface area contributed by atoms with E-state index in [2.05, 4.69) is 22.2 Å². The molecule has 0 aromatic carbocycles. The van der Waals surface area contributed by atoms with E-state index in [9.17, 15) is 4.79 Å². The molecule has 0 spiro atoms. The Labute approximate surface area is 130 Å². The fraction of sp³-hybridized carbons (Fsp3) is 0.500. The second kappa shape index (κ2) is 5.61. The summed E-state index contributed by atoms with van der Waals surface area (Å²) in [5.41, 5.74) is 1.75. The van der Waals surface area contributed by atoms with Gasteiger partial charge in [-0.3, -0.25) is 4.79 Å². The minimum absolute atomic E-state index is 0.0207. The lowest BCUT2D eigenvalue weighted by atomic mass is 10.1. The average molecular weight is 301 g/mol. The third-order valence-corrected chi connectivity index (χ3v) is 4.46. The van der Waals surface area contributed by atoms with Crippen molar-refractivity contribution in [3.8, 4) is 0 Å². The summed E-state index contributed by atoms with van der Waals surface area (Å²) >= 11 is 0. The average Bonchev–Trinajstić information content (AvgIpc) is 2.50. The van der Waals surface area contributed by atoms with Gasteiger partial charge in [0, 0.05) is 46.3 Å². The number of aryl methyl sites for hydroxylation is 2. The third-order valence-electron chi connectivity index (χ3n) is 4.46. The molecule has 6 heteroatoms. The van der Waals surface area contributed by atoms with Crippen LogP contribution in [0.4, 0.5) is 11.6 Å². The smallest absolute Gasteiger partial charge is 0.193 e. The van der Waals surface area contributed by atoms with Gasteiger partial charge in [0.15, 0.2) is 5.43 Å². The van der Waals surface area contributed by atoms with Crippen LogP contribution in [0.3, 0.4) is 0 Å². The van der Waals surface area contributed by atoms with Gasteiger partial charge >= 0.3 is 0 Å². The van der Waals surface area contributed by atoms with Crippen molar-refractivity contribution in [2.24, 2.45) is 7.05 Å². The van der Waals surface area contributed by atoms with E-state index in [0.29, 0.717) is 5.39 Å².